The molecular formula is C6H25ClCoN6. The molecule has 0 saturated heterocycles. The van der Waals surface area contributed by atoms with Crippen molar-refractivity contribution in [2.24, 2.45) is 34.4 Å². The first-order chi connectivity index (χ1) is 5.74. The standard InChI is InChI=1S/3C2H8N2.ClH.Co/c3*3-1-2-4;;/h3*1-4H2;1H;. The zero-order chi connectivity index (χ0) is 10.2. The molecule has 0 aliphatic heterocycles. The van der Waals surface area contributed by atoms with Crippen molar-refractivity contribution in [3.05, 3.63) is 0 Å². The Labute approximate surface area is 103 Å². The molecule has 0 saturated carbocycles. The van der Waals surface area contributed by atoms with Crippen LogP contribution in [-0.2, 0) is 16.8 Å². The molecule has 0 fully saturated rings. The van der Waals surface area contributed by atoms with Crippen LogP contribution in [0.5, 0.6) is 0 Å². The van der Waals surface area contributed by atoms with E-state index in [1.807, 2.05) is 0 Å². The smallest absolute Gasteiger partial charge is 0.00461 e. The zero-order valence-electron chi connectivity index (χ0n) is 8.45. The molecule has 0 aromatic heterocycles. The van der Waals surface area contributed by atoms with Crippen LogP contribution >= 0.6 is 12.4 Å². The molecule has 0 spiro atoms. The summed E-state index contributed by atoms with van der Waals surface area (Å²) >= 11 is 0. The summed E-state index contributed by atoms with van der Waals surface area (Å²) < 4.78 is 0. The predicted octanol–water partition coefficient (Wildman–Crippen LogP) is -2.87. The van der Waals surface area contributed by atoms with Crippen LogP contribution in [-0.4, -0.2) is 39.3 Å². The van der Waals surface area contributed by atoms with E-state index < -0.39 is 0 Å². The fourth-order valence-corrected chi connectivity index (χ4v) is 0. The quantitative estimate of drug-likeness (QED) is 0.325. The van der Waals surface area contributed by atoms with Crippen LogP contribution in [0.25, 0.3) is 0 Å². The van der Waals surface area contributed by atoms with E-state index in [2.05, 4.69) is 0 Å². The molecule has 0 unspecified atom stereocenters. The van der Waals surface area contributed by atoms with Gasteiger partial charge in [-0.3, -0.25) is 0 Å². The maximum Gasteiger partial charge on any atom is 0.00461 e. The van der Waals surface area contributed by atoms with Crippen LogP contribution < -0.4 is 34.4 Å². The first kappa shape index (κ1) is 29.3. The summed E-state index contributed by atoms with van der Waals surface area (Å²) in [5, 5.41) is 0. The van der Waals surface area contributed by atoms with Gasteiger partial charge in [0.25, 0.3) is 0 Å². The van der Waals surface area contributed by atoms with Gasteiger partial charge in [-0.15, -0.1) is 12.4 Å². The van der Waals surface area contributed by atoms with Gasteiger partial charge in [0, 0.05) is 56.0 Å². The average Bonchev–Trinajstić information content (AvgIpc) is 2.18. The van der Waals surface area contributed by atoms with E-state index in [4.69, 9.17) is 34.4 Å². The minimum atomic E-state index is 0. The Morgan fingerprint density at radius 3 is 0.500 bits per heavy atom. The van der Waals surface area contributed by atoms with Crippen molar-refractivity contribution >= 4 is 12.4 Å². The van der Waals surface area contributed by atoms with Crippen molar-refractivity contribution in [2.75, 3.05) is 39.3 Å². The second kappa shape index (κ2) is 49.7. The molecule has 1 radical (unpaired) electrons. The molecule has 0 rings (SSSR count). The van der Waals surface area contributed by atoms with Crippen molar-refractivity contribution < 1.29 is 16.8 Å². The molecule has 0 aliphatic carbocycles. The normalized spacial score (nSPS) is 6.43. The fraction of sp³-hybridized carbons (Fsp3) is 1.00. The van der Waals surface area contributed by atoms with Gasteiger partial charge in [0.1, 0.15) is 0 Å². The summed E-state index contributed by atoms with van der Waals surface area (Å²) in [5.41, 5.74) is 29.4. The van der Waals surface area contributed by atoms with Crippen molar-refractivity contribution in [3.8, 4) is 0 Å². The van der Waals surface area contributed by atoms with Gasteiger partial charge in [-0.05, 0) is 0 Å². The SMILES string of the molecule is Cl.NCCN.NCCN.NCCN.[Co]. The Morgan fingerprint density at radius 2 is 0.500 bits per heavy atom. The van der Waals surface area contributed by atoms with Gasteiger partial charge in [-0.2, -0.15) is 0 Å². The number of hydrogen-bond acceptors (Lipinski definition) is 6. The third-order valence-corrected chi connectivity index (χ3v) is 0.500. The molecule has 0 aliphatic rings. The van der Waals surface area contributed by atoms with Crippen LogP contribution in [0.2, 0.25) is 0 Å². The second-order valence-corrected chi connectivity index (χ2v) is 1.73. The number of halogens is 1. The van der Waals surface area contributed by atoms with Gasteiger partial charge >= 0.3 is 0 Å². The van der Waals surface area contributed by atoms with Gasteiger partial charge in [-0.25, -0.2) is 0 Å². The molecule has 8 heteroatoms. The summed E-state index contributed by atoms with van der Waals surface area (Å²) in [6, 6.07) is 0. The van der Waals surface area contributed by atoms with E-state index in [1.54, 1.807) is 0 Å². The van der Waals surface area contributed by atoms with Crippen molar-refractivity contribution in [1.29, 1.82) is 0 Å². The van der Waals surface area contributed by atoms with E-state index in [1.165, 1.54) is 0 Å². The summed E-state index contributed by atoms with van der Waals surface area (Å²) in [4.78, 5) is 0. The van der Waals surface area contributed by atoms with Gasteiger partial charge in [0.05, 0.1) is 0 Å². The van der Waals surface area contributed by atoms with Crippen molar-refractivity contribution in [3.63, 3.8) is 0 Å². The first-order valence-electron chi connectivity index (χ1n) is 3.95. The Hall–Kier alpha value is 0.556. The molecule has 0 amide bonds. The maximum atomic E-state index is 4.90. The molecule has 6 nitrogen and oxygen atoms in total. The zero-order valence-corrected chi connectivity index (χ0v) is 10.3. The Bertz CT molecular complexity index is 37.8. The molecular weight excluding hydrogens is 250 g/mol. The summed E-state index contributed by atoms with van der Waals surface area (Å²) in [6.45, 7) is 3.58. The Morgan fingerprint density at radius 1 is 0.429 bits per heavy atom. The van der Waals surface area contributed by atoms with E-state index in [9.17, 15) is 0 Å². The maximum absolute atomic E-state index is 4.90. The molecule has 0 aromatic rings. The van der Waals surface area contributed by atoms with E-state index in [0.29, 0.717) is 39.3 Å². The average molecular weight is 276 g/mol. The summed E-state index contributed by atoms with van der Waals surface area (Å²) in [6.07, 6.45) is 0. The number of rotatable bonds is 3. The predicted molar refractivity (Wildman–Crippen MR) is 61.6 cm³/mol. The molecule has 0 bridgehead atoms. The number of nitrogens with two attached hydrogens (primary N) is 6. The van der Waals surface area contributed by atoms with E-state index in [-0.39, 0.29) is 29.2 Å². The Kier molecular flexibility index (Phi) is 104. The minimum Gasteiger partial charge on any atom is -0.329 e. The molecule has 0 atom stereocenters. The van der Waals surface area contributed by atoms with Gasteiger partial charge in [0.2, 0.25) is 0 Å². The molecule has 95 valence electrons. The second-order valence-electron chi connectivity index (χ2n) is 1.73. The largest absolute Gasteiger partial charge is 0.329 e. The Balaban J connectivity index is -0.0000000270. The third-order valence-electron chi connectivity index (χ3n) is 0.500. The van der Waals surface area contributed by atoms with E-state index in [0.717, 1.165) is 0 Å². The molecule has 12 N–H and O–H groups in total. The molecule has 14 heavy (non-hydrogen) atoms. The minimum absolute atomic E-state index is 0. The van der Waals surface area contributed by atoms with Crippen LogP contribution in [0.15, 0.2) is 0 Å². The van der Waals surface area contributed by atoms with Gasteiger partial charge in [-0.1, -0.05) is 0 Å². The fourth-order valence-electron chi connectivity index (χ4n) is 0. The molecule has 0 aromatic carbocycles. The van der Waals surface area contributed by atoms with Crippen molar-refractivity contribution in [1.82, 2.24) is 0 Å². The van der Waals surface area contributed by atoms with Crippen LogP contribution in [0, 0.1) is 0 Å². The topological polar surface area (TPSA) is 156 Å². The van der Waals surface area contributed by atoms with Gasteiger partial charge < -0.3 is 34.4 Å². The summed E-state index contributed by atoms with van der Waals surface area (Å²) in [5.74, 6) is 0. The van der Waals surface area contributed by atoms with Crippen LogP contribution in [0.3, 0.4) is 0 Å². The van der Waals surface area contributed by atoms with Crippen molar-refractivity contribution in [2.45, 2.75) is 0 Å². The van der Waals surface area contributed by atoms with Crippen LogP contribution in [0.4, 0.5) is 0 Å². The molecule has 0 heterocycles. The monoisotopic (exact) mass is 275 g/mol. The third kappa shape index (κ3) is 133. The first-order valence-corrected chi connectivity index (χ1v) is 3.95. The summed E-state index contributed by atoms with van der Waals surface area (Å²) in [7, 11) is 0. The van der Waals surface area contributed by atoms with Crippen LogP contribution in [0.1, 0.15) is 0 Å². The number of hydrogen-bond donors (Lipinski definition) is 6. The van der Waals surface area contributed by atoms with E-state index >= 15 is 0 Å². The van der Waals surface area contributed by atoms with Gasteiger partial charge in [0.15, 0.2) is 0 Å².